The molecule has 3 aromatic rings. The van der Waals surface area contributed by atoms with E-state index in [9.17, 15) is 34.8 Å². The summed E-state index contributed by atoms with van der Waals surface area (Å²) >= 11 is 0. The number of nitrogens with one attached hydrogen (secondary N) is 3. The summed E-state index contributed by atoms with van der Waals surface area (Å²) in [6.45, 7) is 8.29. The van der Waals surface area contributed by atoms with Crippen LogP contribution in [0.1, 0.15) is 60.3 Å². The first kappa shape index (κ1) is 44.7. The van der Waals surface area contributed by atoms with Crippen LogP contribution in [0.25, 0.3) is 22.4 Å². The fourth-order valence-corrected chi connectivity index (χ4v) is 5.82. The molecule has 16 heteroatoms. The number of carbonyl (C=O) groups is 3. The van der Waals surface area contributed by atoms with Crippen LogP contribution in [0.3, 0.4) is 0 Å². The first-order valence-corrected chi connectivity index (χ1v) is 18.9. The van der Waals surface area contributed by atoms with Crippen LogP contribution in [-0.2, 0) is 14.3 Å². The molecule has 0 bridgehead atoms. The van der Waals surface area contributed by atoms with Crippen molar-refractivity contribution in [3.05, 3.63) is 60.7 Å². The minimum Gasteiger partial charge on any atom is -0.478 e. The van der Waals surface area contributed by atoms with Crippen LogP contribution in [0.5, 0.6) is 17.4 Å². The van der Waals surface area contributed by atoms with Gasteiger partial charge in [-0.25, -0.2) is 9.78 Å². The van der Waals surface area contributed by atoms with Crippen LogP contribution in [0.2, 0.25) is 0 Å². The number of hydrogen-bond acceptors (Lipinski definition) is 13. The molecule has 8 N–H and O–H groups in total. The van der Waals surface area contributed by atoms with Crippen LogP contribution in [0, 0.1) is 5.41 Å². The molecule has 4 rings (SSSR count). The number of benzene rings is 2. The third-order valence-electron chi connectivity index (χ3n) is 9.05. The Balaban J connectivity index is 1.30. The van der Waals surface area contributed by atoms with Crippen molar-refractivity contribution >= 4 is 17.9 Å². The number of alkyl carbamates (subject to hydrolysis) is 1. The van der Waals surface area contributed by atoms with Gasteiger partial charge in [-0.2, -0.15) is 0 Å². The predicted octanol–water partition coefficient (Wildman–Crippen LogP) is 2.67. The standard InChI is InChI=1S/C41H56N4O12/c1-40(2,3)57-39(53)45-29(20-34(49)42-21-30(47)36(50)37(51)31(48)22-46)38(52)43-23-41(4,5)15-9-10-16-54-35-19-27(17-28(44-35)25-11-7-6-8-12-25)26-13-14-32-33(18-26)56-24-55-32/h6-8,11-14,17-19,29-31,36-37,46-48,50-51H,9-10,15-16,20-24H2,1-5H3,(H,42,49)(H,43,52)(H,45,53). The van der Waals surface area contributed by atoms with Crippen molar-refractivity contribution in [2.75, 3.05) is 33.1 Å². The Morgan fingerprint density at radius 3 is 2.23 bits per heavy atom. The first-order valence-electron chi connectivity index (χ1n) is 18.9. The van der Waals surface area contributed by atoms with Crippen LogP contribution in [0.15, 0.2) is 60.7 Å². The topological polar surface area (TPSA) is 238 Å². The van der Waals surface area contributed by atoms with E-state index in [-0.39, 0.29) is 18.8 Å². The van der Waals surface area contributed by atoms with Gasteiger partial charge in [0.2, 0.25) is 24.5 Å². The van der Waals surface area contributed by atoms with Gasteiger partial charge in [-0.05, 0) is 74.8 Å². The van der Waals surface area contributed by atoms with Gasteiger partial charge in [0.15, 0.2) is 11.5 Å². The summed E-state index contributed by atoms with van der Waals surface area (Å²) in [6.07, 6.45) is -6.47. The van der Waals surface area contributed by atoms with E-state index in [0.717, 1.165) is 28.8 Å². The van der Waals surface area contributed by atoms with Gasteiger partial charge in [0.05, 0.1) is 31.4 Å². The minimum atomic E-state index is -1.89. The number of nitrogens with zero attached hydrogens (tertiary/aromatic N) is 1. The minimum absolute atomic E-state index is 0.182. The lowest BCUT2D eigenvalue weighted by Crippen LogP contribution is -2.53. The second-order valence-electron chi connectivity index (χ2n) is 15.7. The molecule has 0 fully saturated rings. The molecule has 0 spiro atoms. The smallest absolute Gasteiger partial charge is 0.408 e. The molecule has 16 nitrogen and oxygen atoms in total. The molecule has 1 aliphatic rings. The molecule has 3 amide bonds. The van der Waals surface area contributed by atoms with E-state index in [2.05, 4.69) is 16.0 Å². The van der Waals surface area contributed by atoms with E-state index >= 15 is 0 Å². The van der Waals surface area contributed by atoms with E-state index < -0.39 is 73.5 Å². The molecular formula is C41H56N4O12. The zero-order valence-corrected chi connectivity index (χ0v) is 33.1. The Morgan fingerprint density at radius 1 is 0.825 bits per heavy atom. The Labute approximate surface area is 332 Å². The Morgan fingerprint density at radius 2 is 1.53 bits per heavy atom. The van der Waals surface area contributed by atoms with Gasteiger partial charge in [-0.1, -0.05) is 50.2 Å². The fourth-order valence-electron chi connectivity index (χ4n) is 5.82. The maximum absolute atomic E-state index is 13.3. The molecule has 0 radical (unpaired) electrons. The monoisotopic (exact) mass is 796 g/mol. The van der Waals surface area contributed by atoms with E-state index in [4.69, 9.17) is 29.0 Å². The summed E-state index contributed by atoms with van der Waals surface area (Å²) in [4.78, 5) is 43.5. The van der Waals surface area contributed by atoms with Gasteiger partial charge >= 0.3 is 6.09 Å². The highest BCUT2D eigenvalue weighted by Gasteiger charge is 2.32. The highest BCUT2D eigenvalue weighted by Crippen LogP contribution is 2.37. The zero-order valence-electron chi connectivity index (χ0n) is 33.1. The maximum Gasteiger partial charge on any atom is 0.408 e. The lowest BCUT2D eigenvalue weighted by atomic mass is 9.87. The van der Waals surface area contributed by atoms with Crippen molar-refractivity contribution in [1.82, 2.24) is 20.9 Å². The first-order chi connectivity index (χ1) is 26.9. The van der Waals surface area contributed by atoms with E-state index in [0.29, 0.717) is 36.8 Å². The average Bonchev–Trinajstić information content (AvgIpc) is 3.65. The molecule has 312 valence electrons. The molecule has 1 aliphatic heterocycles. The van der Waals surface area contributed by atoms with Crippen LogP contribution in [0.4, 0.5) is 4.79 Å². The van der Waals surface area contributed by atoms with Gasteiger partial charge in [-0.3, -0.25) is 9.59 Å². The number of pyridine rings is 1. The van der Waals surface area contributed by atoms with Gasteiger partial charge in [0.1, 0.15) is 30.0 Å². The number of carbonyl (C=O) groups excluding carboxylic acids is 3. The number of unbranched alkanes of at least 4 members (excludes halogenated alkanes) is 1. The highest BCUT2D eigenvalue weighted by molar-refractivity contribution is 5.91. The third-order valence-corrected chi connectivity index (χ3v) is 9.05. The Bertz CT molecular complexity index is 1790. The lowest BCUT2D eigenvalue weighted by Gasteiger charge is -2.28. The molecule has 5 atom stereocenters. The average molecular weight is 797 g/mol. The highest BCUT2D eigenvalue weighted by atomic mass is 16.7. The number of fused-ring (bicyclic) bond motifs is 1. The molecule has 57 heavy (non-hydrogen) atoms. The summed E-state index contributed by atoms with van der Waals surface area (Å²) in [6, 6.07) is 18.2. The number of aliphatic hydroxyl groups excluding tert-OH is 5. The van der Waals surface area contributed by atoms with Crippen molar-refractivity contribution in [3.63, 3.8) is 0 Å². The van der Waals surface area contributed by atoms with Crippen molar-refractivity contribution in [2.24, 2.45) is 5.41 Å². The molecular weight excluding hydrogens is 740 g/mol. The second kappa shape index (κ2) is 20.4. The molecule has 0 saturated heterocycles. The SMILES string of the molecule is CC(C)(CCCCOc1cc(-c2ccc3c(c2)OCO3)cc(-c2ccccc2)n1)CNC(=O)C(CC(=O)NCC(O)C(O)C(O)C(O)CO)NC(=O)OC(C)(C)C. The quantitative estimate of drug-likeness (QED) is 0.0769. The Kier molecular flexibility index (Phi) is 16.0. The molecule has 2 aromatic carbocycles. The largest absolute Gasteiger partial charge is 0.478 e. The van der Waals surface area contributed by atoms with E-state index in [1.165, 1.54) is 0 Å². The van der Waals surface area contributed by atoms with Gasteiger partial charge in [0, 0.05) is 24.7 Å². The summed E-state index contributed by atoms with van der Waals surface area (Å²) in [5.41, 5.74) is 2.30. The van der Waals surface area contributed by atoms with Crippen molar-refractivity contribution in [2.45, 2.75) is 96.4 Å². The van der Waals surface area contributed by atoms with Crippen LogP contribution in [-0.4, -0.2) is 118 Å². The fraction of sp³-hybridized carbons (Fsp3) is 0.512. The summed E-state index contributed by atoms with van der Waals surface area (Å²) < 4.78 is 22.5. The summed E-state index contributed by atoms with van der Waals surface area (Å²) in [5.74, 6) is 0.448. The van der Waals surface area contributed by atoms with Crippen molar-refractivity contribution < 1.29 is 58.9 Å². The van der Waals surface area contributed by atoms with E-state index in [1.807, 2.05) is 74.5 Å². The normalized spacial score (nSPS) is 15.1. The maximum atomic E-state index is 13.3. The van der Waals surface area contributed by atoms with Crippen LogP contribution >= 0.6 is 0 Å². The van der Waals surface area contributed by atoms with Gasteiger partial charge in [0.25, 0.3) is 0 Å². The number of aliphatic hydroxyl groups is 5. The number of aromatic nitrogens is 1. The molecule has 2 heterocycles. The van der Waals surface area contributed by atoms with Crippen molar-refractivity contribution in [3.8, 4) is 39.8 Å². The van der Waals surface area contributed by atoms with E-state index in [1.54, 1.807) is 20.8 Å². The molecule has 0 aliphatic carbocycles. The molecule has 0 saturated carbocycles. The molecule has 1 aromatic heterocycles. The lowest BCUT2D eigenvalue weighted by molar-refractivity contribution is -0.130. The number of rotatable bonds is 20. The summed E-state index contributed by atoms with van der Waals surface area (Å²) in [5, 5.41) is 56.1. The zero-order chi connectivity index (χ0) is 41.8. The number of amides is 3. The second-order valence-corrected chi connectivity index (χ2v) is 15.7. The number of ether oxygens (including phenoxy) is 4. The van der Waals surface area contributed by atoms with Crippen LogP contribution < -0.4 is 30.2 Å². The third kappa shape index (κ3) is 14.2. The summed E-state index contributed by atoms with van der Waals surface area (Å²) in [7, 11) is 0. The van der Waals surface area contributed by atoms with Gasteiger partial charge < -0.3 is 60.4 Å². The Hall–Kier alpha value is -5.00. The predicted molar refractivity (Wildman–Crippen MR) is 209 cm³/mol. The molecule has 5 unspecified atom stereocenters. The number of hydrogen-bond donors (Lipinski definition) is 8. The van der Waals surface area contributed by atoms with Gasteiger partial charge in [-0.15, -0.1) is 0 Å². The van der Waals surface area contributed by atoms with Crippen molar-refractivity contribution in [1.29, 1.82) is 0 Å².